The Balaban J connectivity index is 1.66. The van der Waals surface area contributed by atoms with E-state index in [4.69, 9.17) is 0 Å². The molecule has 0 atom stereocenters. The summed E-state index contributed by atoms with van der Waals surface area (Å²) in [5, 5.41) is 3.82. The van der Waals surface area contributed by atoms with E-state index < -0.39 is 0 Å². The Bertz CT molecular complexity index is 1110. The third-order valence-corrected chi connectivity index (χ3v) is 5.47. The van der Waals surface area contributed by atoms with Gasteiger partial charge in [0.2, 0.25) is 5.91 Å². The number of nitrogens with zero attached hydrogens (tertiary/aromatic N) is 2. The molecule has 3 aromatic rings. The van der Waals surface area contributed by atoms with E-state index in [9.17, 15) is 9.59 Å². The van der Waals surface area contributed by atoms with Crippen molar-refractivity contribution in [3.05, 3.63) is 63.8 Å². The van der Waals surface area contributed by atoms with Crippen LogP contribution in [0.15, 0.2) is 46.9 Å². The Morgan fingerprint density at radius 3 is 2.75 bits per heavy atom. The number of rotatable bonds is 2. The van der Waals surface area contributed by atoms with Crippen LogP contribution in [0.25, 0.3) is 10.9 Å². The van der Waals surface area contributed by atoms with Crippen LogP contribution >= 0.6 is 15.9 Å². The topological polar surface area (TPSA) is 62.3 Å². The molecule has 2 aromatic carbocycles. The summed E-state index contributed by atoms with van der Waals surface area (Å²) >= 11 is 3.45. The van der Waals surface area contributed by atoms with Crippen LogP contribution < -0.4 is 10.2 Å². The summed E-state index contributed by atoms with van der Waals surface area (Å²) in [7, 11) is 0. The van der Waals surface area contributed by atoms with E-state index >= 15 is 0 Å². The highest BCUT2D eigenvalue weighted by Gasteiger charge is 2.20. The summed E-state index contributed by atoms with van der Waals surface area (Å²) in [5.74, 6) is -0.125. The van der Waals surface area contributed by atoms with E-state index in [0.29, 0.717) is 5.56 Å². The van der Waals surface area contributed by atoms with Gasteiger partial charge in [-0.2, -0.15) is 0 Å². The van der Waals surface area contributed by atoms with Gasteiger partial charge in [-0.05, 0) is 61.7 Å². The Kier molecular flexibility index (Phi) is 4.89. The number of carbonyl (C=O) groups is 2. The third-order valence-electron chi connectivity index (χ3n) is 4.98. The van der Waals surface area contributed by atoms with Crippen LogP contribution in [0.2, 0.25) is 0 Å². The summed E-state index contributed by atoms with van der Waals surface area (Å²) in [6.07, 6.45) is 1.82. The van der Waals surface area contributed by atoms with Gasteiger partial charge in [-0.25, -0.2) is 0 Å². The molecule has 5 nitrogen and oxygen atoms in total. The van der Waals surface area contributed by atoms with Crippen molar-refractivity contribution >= 4 is 50.0 Å². The number of amides is 2. The largest absolute Gasteiger partial charge is 0.322 e. The lowest BCUT2D eigenvalue weighted by molar-refractivity contribution is -0.116. The number of hydrogen-bond acceptors (Lipinski definition) is 3. The van der Waals surface area contributed by atoms with Gasteiger partial charge < -0.3 is 10.2 Å². The molecule has 0 aliphatic carbocycles. The number of nitrogens with one attached hydrogen (secondary N) is 1. The summed E-state index contributed by atoms with van der Waals surface area (Å²) < 4.78 is 0.925. The maximum Gasteiger partial charge on any atom is 0.256 e. The lowest BCUT2D eigenvalue weighted by Gasteiger charge is -2.29. The van der Waals surface area contributed by atoms with Gasteiger partial charge in [0.05, 0.1) is 11.1 Å². The van der Waals surface area contributed by atoms with Crippen LogP contribution in [0.3, 0.4) is 0 Å². The van der Waals surface area contributed by atoms with Crippen molar-refractivity contribution in [1.82, 2.24) is 4.98 Å². The molecule has 1 N–H and O–H groups in total. The molecular weight excluding hydrogens is 418 g/mol. The van der Waals surface area contributed by atoms with Gasteiger partial charge in [0, 0.05) is 40.4 Å². The van der Waals surface area contributed by atoms with Crippen LogP contribution in [0.1, 0.15) is 35.0 Å². The van der Waals surface area contributed by atoms with E-state index in [0.717, 1.165) is 57.4 Å². The summed E-state index contributed by atoms with van der Waals surface area (Å²) in [4.78, 5) is 31.1. The van der Waals surface area contributed by atoms with Crippen molar-refractivity contribution < 1.29 is 9.59 Å². The van der Waals surface area contributed by atoms with Gasteiger partial charge >= 0.3 is 0 Å². The fourth-order valence-corrected chi connectivity index (χ4v) is 4.07. The third kappa shape index (κ3) is 3.52. The van der Waals surface area contributed by atoms with Gasteiger partial charge in [-0.3, -0.25) is 14.6 Å². The monoisotopic (exact) mass is 437 g/mol. The molecule has 2 amide bonds. The second-order valence-electron chi connectivity index (χ2n) is 7.04. The van der Waals surface area contributed by atoms with Crippen molar-refractivity contribution in [1.29, 1.82) is 0 Å². The van der Waals surface area contributed by atoms with Gasteiger partial charge in [0.1, 0.15) is 0 Å². The molecule has 0 saturated heterocycles. The lowest BCUT2D eigenvalue weighted by atomic mass is 10.0. The zero-order valence-electron chi connectivity index (χ0n) is 15.8. The van der Waals surface area contributed by atoms with Crippen molar-refractivity contribution in [3.63, 3.8) is 0 Å². The number of hydrogen-bond donors (Lipinski definition) is 1. The van der Waals surface area contributed by atoms with Crippen LogP contribution in [-0.4, -0.2) is 23.3 Å². The molecular formula is C22H20BrN3O2. The maximum atomic E-state index is 13.0. The smallest absolute Gasteiger partial charge is 0.256 e. The van der Waals surface area contributed by atoms with Crippen LogP contribution in [0.4, 0.5) is 11.4 Å². The van der Waals surface area contributed by atoms with Gasteiger partial charge in [0.15, 0.2) is 0 Å². The van der Waals surface area contributed by atoms with Crippen LogP contribution in [0.5, 0.6) is 0 Å². The normalized spacial score (nSPS) is 13.3. The molecule has 2 heterocycles. The number of benzene rings is 2. The van der Waals surface area contributed by atoms with Crippen molar-refractivity contribution in [2.45, 2.75) is 26.7 Å². The number of pyridine rings is 1. The molecule has 0 bridgehead atoms. The predicted molar refractivity (Wildman–Crippen MR) is 115 cm³/mol. The number of carbonyl (C=O) groups excluding carboxylic acids is 2. The van der Waals surface area contributed by atoms with E-state index in [1.54, 1.807) is 11.8 Å². The minimum absolute atomic E-state index is 0.0441. The molecule has 6 heteroatoms. The number of fused-ring (bicyclic) bond motifs is 2. The molecule has 1 aromatic heterocycles. The molecule has 0 fully saturated rings. The van der Waals surface area contributed by atoms with Gasteiger partial charge in [0.25, 0.3) is 5.91 Å². The molecule has 0 saturated carbocycles. The van der Waals surface area contributed by atoms with Gasteiger partial charge in [-0.15, -0.1) is 0 Å². The quantitative estimate of drug-likeness (QED) is 0.622. The fourth-order valence-electron chi connectivity index (χ4n) is 3.72. The standard InChI is InChI=1S/C22H20BrN3O2/c1-13-10-19(18-7-5-16(23)12-20(18)24-13)22(28)25-17-6-8-21-15(11-17)4-3-9-26(21)14(2)27/h5-8,10-12H,3-4,9H2,1-2H3,(H,25,28). The minimum Gasteiger partial charge on any atom is -0.322 e. The number of anilines is 2. The summed E-state index contributed by atoms with van der Waals surface area (Å²) in [6.45, 7) is 4.21. The zero-order chi connectivity index (χ0) is 19.8. The molecule has 1 aliphatic heterocycles. The number of halogens is 1. The molecule has 1 aliphatic rings. The first kappa shape index (κ1) is 18.6. The highest BCUT2D eigenvalue weighted by atomic mass is 79.9. The molecule has 142 valence electrons. The average Bonchev–Trinajstić information content (AvgIpc) is 2.66. The first-order chi connectivity index (χ1) is 13.4. The Morgan fingerprint density at radius 1 is 1.14 bits per heavy atom. The van der Waals surface area contributed by atoms with Crippen LogP contribution in [0, 0.1) is 6.92 Å². The van der Waals surface area contributed by atoms with E-state index in [2.05, 4.69) is 26.2 Å². The van der Waals surface area contributed by atoms with E-state index in [1.165, 1.54) is 0 Å². The molecule has 0 spiro atoms. The number of aryl methyl sites for hydroxylation is 2. The van der Waals surface area contributed by atoms with Crippen molar-refractivity contribution in [2.24, 2.45) is 0 Å². The summed E-state index contributed by atoms with van der Waals surface area (Å²) in [6, 6.07) is 13.3. The molecule has 4 rings (SSSR count). The number of aromatic nitrogens is 1. The van der Waals surface area contributed by atoms with E-state index in [-0.39, 0.29) is 11.8 Å². The molecule has 28 heavy (non-hydrogen) atoms. The predicted octanol–water partition coefficient (Wildman–Crippen LogP) is 4.86. The van der Waals surface area contributed by atoms with Crippen LogP contribution in [-0.2, 0) is 11.2 Å². The maximum absolute atomic E-state index is 13.0. The Morgan fingerprint density at radius 2 is 1.96 bits per heavy atom. The Labute approximate surface area is 171 Å². The van der Waals surface area contributed by atoms with Crippen molar-refractivity contribution in [2.75, 3.05) is 16.8 Å². The minimum atomic E-state index is -0.169. The molecule has 0 unspecified atom stereocenters. The second kappa shape index (κ2) is 7.36. The van der Waals surface area contributed by atoms with Crippen molar-refractivity contribution in [3.8, 4) is 0 Å². The first-order valence-electron chi connectivity index (χ1n) is 9.21. The Hall–Kier alpha value is -2.73. The lowest BCUT2D eigenvalue weighted by Crippen LogP contribution is -2.33. The van der Waals surface area contributed by atoms with Gasteiger partial charge in [-0.1, -0.05) is 22.0 Å². The molecule has 0 radical (unpaired) electrons. The summed E-state index contributed by atoms with van der Waals surface area (Å²) in [5.41, 5.74) is 4.91. The fraction of sp³-hybridized carbons (Fsp3) is 0.227. The first-order valence-corrected chi connectivity index (χ1v) is 10.0. The highest BCUT2D eigenvalue weighted by molar-refractivity contribution is 9.10. The van der Waals surface area contributed by atoms with E-state index in [1.807, 2.05) is 49.4 Å². The average molecular weight is 438 g/mol. The SMILES string of the molecule is CC(=O)N1CCCc2cc(NC(=O)c3cc(C)nc4cc(Br)ccc34)ccc21. The second-order valence-corrected chi connectivity index (χ2v) is 7.96. The zero-order valence-corrected chi connectivity index (χ0v) is 17.3. The highest BCUT2D eigenvalue weighted by Crippen LogP contribution is 2.30.